The van der Waals surface area contributed by atoms with E-state index >= 15 is 0 Å². The van der Waals surface area contributed by atoms with Crippen molar-refractivity contribution in [2.24, 2.45) is 0 Å². The first-order valence-corrected chi connectivity index (χ1v) is 5.96. The molecular formula is C11H13NOSe. The van der Waals surface area contributed by atoms with E-state index in [0.29, 0.717) is 4.47 Å². The van der Waals surface area contributed by atoms with E-state index < -0.39 is 0 Å². The predicted octanol–water partition coefficient (Wildman–Crippen LogP) is 0.618. The van der Waals surface area contributed by atoms with Crippen LogP contribution in [0.1, 0.15) is 0 Å². The fourth-order valence-corrected chi connectivity index (χ4v) is 2.70. The number of amides is 1. The van der Waals surface area contributed by atoms with Crippen molar-refractivity contribution in [2.75, 3.05) is 14.1 Å². The zero-order chi connectivity index (χ0) is 10.6. The first kappa shape index (κ1) is 11.0. The number of carbonyl (C=O) groups excluding carboxylic acids is 1. The normalized spacial score (nSPS) is 9.57. The van der Waals surface area contributed by atoms with Gasteiger partial charge in [-0.05, 0) is 0 Å². The topological polar surface area (TPSA) is 20.3 Å². The Bertz CT molecular complexity index is 332. The zero-order valence-electron chi connectivity index (χ0n) is 8.36. The molecule has 0 heterocycles. The predicted molar refractivity (Wildman–Crippen MR) is 59.7 cm³/mol. The number of benzene rings is 1. The maximum absolute atomic E-state index is 11.5. The molecule has 0 aliphatic carbocycles. The van der Waals surface area contributed by atoms with Crippen LogP contribution in [-0.2, 0) is 4.79 Å². The first-order chi connectivity index (χ1) is 6.61. The van der Waals surface area contributed by atoms with Gasteiger partial charge >= 0.3 is 90.5 Å². The van der Waals surface area contributed by atoms with Crippen LogP contribution in [0, 0.1) is 0 Å². The van der Waals surface area contributed by atoms with Crippen LogP contribution >= 0.6 is 0 Å². The Balaban J connectivity index is 2.63. The second-order valence-corrected chi connectivity index (χ2v) is 5.49. The van der Waals surface area contributed by atoms with E-state index in [1.165, 1.54) is 4.46 Å². The van der Waals surface area contributed by atoms with Gasteiger partial charge in [0, 0.05) is 0 Å². The number of hydrogen-bond donors (Lipinski definition) is 0. The third-order valence-corrected chi connectivity index (χ3v) is 3.58. The van der Waals surface area contributed by atoms with Crippen LogP contribution in [0.3, 0.4) is 0 Å². The van der Waals surface area contributed by atoms with E-state index in [0.717, 1.165) is 0 Å². The van der Waals surface area contributed by atoms with Gasteiger partial charge in [0.15, 0.2) is 0 Å². The summed E-state index contributed by atoms with van der Waals surface area (Å²) >= 11 is 0.0443. The quantitative estimate of drug-likeness (QED) is 0.572. The molecule has 1 amide bonds. The summed E-state index contributed by atoms with van der Waals surface area (Å²) in [4.78, 5) is 13.1. The minimum absolute atomic E-state index is 0.0221. The summed E-state index contributed by atoms with van der Waals surface area (Å²) in [6.45, 7) is 3.81. The molecule has 3 heteroatoms. The standard InChI is InChI=1S/C11H13NOSe/c1-9(11(13)12(2)3)14-10-7-5-4-6-8-10/h4-8H,1H2,2-3H3. The molecule has 1 aromatic carbocycles. The maximum atomic E-state index is 11.5. The molecule has 0 bridgehead atoms. The Morgan fingerprint density at radius 2 is 1.86 bits per heavy atom. The van der Waals surface area contributed by atoms with Gasteiger partial charge in [-0.15, -0.1) is 0 Å². The van der Waals surface area contributed by atoms with Crippen molar-refractivity contribution in [1.29, 1.82) is 0 Å². The van der Waals surface area contributed by atoms with Gasteiger partial charge in [0.1, 0.15) is 0 Å². The molecule has 74 valence electrons. The van der Waals surface area contributed by atoms with E-state index in [-0.39, 0.29) is 20.9 Å². The van der Waals surface area contributed by atoms with Crippen LogP contribution in [0.4, 0.5) is 0 Å². The van der Waals surface area contributed by atoms with E-state index in [4.69, 9.17) is 0 Å². The van der Waals surface area contributed by atoms with Crippen LogP contribution in [0.15, 0.2) is 41.4 Å². The van der Waals surface area contributed by atoms with Crippen molar-refractivity contribution >= 4 is 25.3 Å². The van der Waals surface area contributed by atoms with Crippen LogP contribution in [0.2, 0.25) is 0 Å². The molecule has 0 radical (unpaired) electrons. The Morgan fingerprint density at radius 1 is 1.29 bits per heavy atom. The molecule has 1 aromatic rings. The monoisotopic (exact) mass is 255 g/mol. The van der Waals surface area contributed by atoms with E-state index in [1.54, 1.807) is 19.0 Å². The molecule has 0 aromatic heterocycles. The number of nitrogens with zero attached hydrogens (tertiary/aromatic N) is 1. The average Bonchev–Trinajstić information content (AvgIpc) is 2.18. The van der Waals surface area contributed by atoms with Gasteiger partial charge in [-0.2, -0.15) is 0 Å². The van der Waals surface area contributed by atoms with Crippen molar-refractivity contribution in [1.82, 2.24) is 4.90 Å². The van der Waals surface area contributed by atoms with Crippen LogP contribution in [-0.4, -0.2) is 39.9 Å². The van der Waals surface area contributed by atoms with Crippen molar-refractivity contribution in [2.45, 2.75) is 0 Å². The summed E-state index contributed by atoms with van der Waals surface area (Å²) < 4.78 is 1.87. The molecule has 0 spiro atoms. The zero-order valence-corrected chi connectivity index (χ0v) is 10.1. The number of hydrogen-bond acceptors (Lipinski definition) is 1. The third-order valence-electron chi connectivity index (χ3n) is 1.63. The molecule has 0 unspecified atom stereocenters. The van der Waals surface area contributed by atoms with Gasteiger partial charge in [-0.25, -0.2) is 0 Å². The van der Waals surface area contributed by atoms with E-state index in [9.17, 15) is 4.79 Å². The molecule has 2 nitrogen and oxygen atoms in total. The summed E-state index contributed by atoms with van der Waals surface area (Å²) in [5.74, 6) is 0.0221. The third kappa shape index (κ3) is 3.02. The molecule has 0 saturated heterocycles. The first-order valence-electron chi connectivity index (χ1n) is 4.24. The summed E-state index contributed by atoms with van der Waals surface area (Å²) in [5.41, 5.74) is 0. The Hall–Kier alpha value is -1.05. The molecule has 0 saturated carbocycles. The molecular weight excluding hydrogens is 241 g/mol. The SMILES string of the molecule is C=C([Se]c1ccccc1)C(=O)N(C)C. The molecule has 0 N–H and O–H groups in total. The van der Waals surface area contributed by atoms with Gasteiger partial charge in [0.2, 0.25) is 0 Å². The molecule has 14 heavy (non-hydrogen) atoms. The van der Waals surface area contributed by atoms with Gasteiger partial charge < -0.3 is 0 Å². The Kier molecular flexibility index (Phi) is 3.93. The van der Waals surface area contributed by atoms with E-state index in [2.05, 4.69) is 6.58 Å². The molecule has 0 atom stereocenters. The van der Waals surface area contributed by atoms with Gasteiger partial charge in [-0.1, -0.05) is 0 Å². The van der Waals surface area contributed by atoms with Crippen LogP contribution < -0.4 is 4.46 Å². The Labute approximate surface area is 90.8 Å². The number of rotatable bonds is 3. The van der Waals surface area contributed by atoms with Crippen LogP contribution in [0.25, 0.3) is 0 Å². The van der Waals surface area contributed by atoms with E-state index in [1.807, 2.05) is 30.3 Å². The van der Waals surface area contributed by atoms with Crippen molar-refractivity contribution in [3.05, 3.63) is 41.4 Å². The fourth-order valence-electron chi connectivity index (χ4n) is 0.924. The molecule has 0 aliphatic heterocycles. The molecule has 1 rings (SSSR count). The Morgan fingerprint density at radius 3 is 2.36 bits per heavy atom. The van der Waals surface area contributed by atoms with Crippen molar-refractivity contribution in [3.8, 4) is 0 Å². The fraction of sp³-hybridized carbons (Fsp3) is 0.182. The van der Waals surface area contributed by atoms with Gasteiger partial charge in [-0.3, -0.25) is 0 Å². The van der Waals surface area contributed by atoms with Gasteiger partial charge in [0.25, 0.3) is 0 Å². The summed E-state index contributed by atoms with van der Waals surface area (Å²) in [5, 5.41) is 0. The molecule has 0 fully saturated rings. The van der Waals surface area contributed by atoms with Crippen molar-refractivity contribution < 1.29 is 4.79 Å². The minimum atomic E-state index is 0.0221. The second kappa shape index (κ2) is 4.99. The average molecular weight is 254 g/mol. The van der Waals surface area contributed by atoms with Crippen molar-refractivity contribution in [3.63, 3.8) is 0 Å². The van der Waals surface area contributed by atoms with Gasteiger partial charge in [0.05, 0.1) is 0 Å². The summed E-state index contributed by atoms with van der Waals surface area (Å²) in [6.07, 6.45) is 0. The number of carbonyl (C=O) groups is 1. The molecule has 0 aliphatic rings. The summed E-state index contributed by atoms with van der Waals surface area (Å²) in [7, 11) is 3.49. The second-order valence-electron chi connectivity index (χ2n) is 3.04. The number of likely N-dealkylation sites (N-methyl/N-ethyl adjacent to an activating group) is 1. The van der Waals surface area contributed by atoms with Crippen LogP contribution in [0.5, 0.6) is 0 Å². The summed E-state index contributed by atoms with van der Waals surface area (Å²) in [6, 6.07) is 9.97.